The van der Waals surface area contributed by atoms with Crippen LogP contribution in [-0.2, 0) is 26.9 Å². The third kappa shape index (κ3) is 3.03. The maximum absolute atomic E-state index is 14.5. The van der Waals surface area contributed by atoms with E-state index < -0.39 is 16.8 Å². The summed E-state index contributed by atoms with van der Waals surface area (Å²) < 4.78 is 19.4. The van der Waals surface area contributed by atoms with Crippen LogP contribution >= 0.6 is 0 Å². The lowest BCUT2D eigenvalue weighted by Gasteiger charge is -2.27. The van der Waals surface area contributed by atoms with Crippen LogP contribution in [0.1, 0.15) is 52.9 Å². The molecule has 5 heteroatoms. The second kappa shape index (κ2) is 7.79. The van der Waals surface area contributed by atoms with Gasteiger partial charge in [0.2, 0.25) is 5.91 Å². The van der Waals surface area contributed by atoms with Crippen LogP contribution in [0.15, 0.2) is 66.7 Å². The molecule has 34 heavy (non-hydrogen) atoms. The summed E-state index contributed by atoms with van der Waals surface area (Å²) in [6.07, 6.45) is 0.648. The molecule has 1 amide bonds. The molecule has 3 aromatic rings. The molecule has 0 saturated heterocycles. The van der Waals surface area contributed by atoms with Crippen molar-refractivity contribution < 1.29 is 18.7 Å². The summed E-state index contributed by atoms with van der Waals surface area (Å²) in [5, 5.41) is 0. The molecule has 1 heterocycles. The van der Waals surface area contributed by atoms with Crippen LogP contribution in [0.5, 0.6) is 0 Å². The number of esters is 1. The fourth-order valence-electron chi connectivity index (χ4n) is 6.00. The molecule has 0 aromatic heterocycles. The van der Waals surface area contributed by atoms with Crippen LogP contribution in [0.4, 0.5) is 10.1 Å². The second-order valence-corrected chi connectivity index (χ2v) is 9.82. The molecule has 3 aromatic carbocycles. The van der Waals surface area contributed by atoms with Crippen molar-refractivity contribution in [2.24, 2.45) is 5.92 Å². The molecular formula is C29H28FNO3. The smallest absolute Gasteiger partial charge is 0.337 e. The third-order valence-electron chi connectivity index (χ3n) is 7.74. The van der Waals surface area contributed by atoms with Gasteiger partial charge in [0.1, 0.15) is 5.82 Å². The van der Waals surface area contributed by atoms with Crippen molar-refractivity contribution in [2.75, 3.05) is 12.0 Å². The number of ether oxygens (including phenoxy) is 1. The average molecular weight is 458 g/mol. The Balaban J connectivity index is 1.61. The van der Waals surface area contributed by atoms with E-state index in [0.29, 0.717) is 18.5 Å². The Labute approximate surface area is 199 Å². The zero-order valence-corrected chi connectivity index (χ0v) is 19.9. The van der Waals surface area contributed by atoms with E-state index in [0.717, 1.165) is 27.9 Å². The van der Waals surface area contributed by atoms with E-state index in [4.69, 9.17) is 4.74 Å². The first-order chi connectivity index (χ1) is 16.2. The number of carbonyl (C=O) groups is 2. The summed E-state index contributed by atoms with van der Waals surface area (Å²) in [4.78, 5) is 28.0. The number of benzene rings is 3. The highest BCUT2D eigenvalue weighted by Gasteiger charge is 2.77. The van der Waals surface area contributed by atoms with Crippen molar-refractivity contribution >= 4 is 17.6 Å². The van der Waals surface area contributed by atoms with Crippen LogP contribution in [-0.4, -0.2) is 19.0 Å². The number of hydrogen-bond acceptors (Lipinski definition) is 3. The SMILES string of the molecule is COC(=O)c1cccc(CN2C(=O)C3(CC3(c3ccc(C)cc3)C(C)C)c3cc(F)ccc32)c1. The molecule has 2 unspecified atom stereocenters. The van der Waals surface area contributed by atoms with Crippen molar-refractivity contribution in [1.29, 1.82) is 0 Å². The summed E-state index contributed by atoms with van der Waals surface area (Å²) in [6, 6.07) is 20.1. The van der Waals surface area contributed by atoms with E-state index in [1.807, 2.05) is 13.0 Å². The number of anilines is 1. The molecule has 2 aliphatic rings. The summed E-state index contributed by atoms with van der Waals surface area (Å²) in [5.41, 5.74) is 3.83. The minimum absolute atomic E-state index is 0.00848. The van der Waals surface area contributed by atoms with Crippen molar-refractivity contribution in [1.82, 2.24) is 0 Å². The van der Waals surface area contributed by atoms with Crippen molar-refractivity contribution in [3.8, 4) is 0 Å². The average Bonchev–Trinajstić information content (AvgIpc) is 3.50. The number of carbonyl (C=O) groups excluding carboxylic acids is 2. The van der Waals surface area contributed by atoms with Crippen LogP contribution in [0, 0.1) is 18.7 Å². The molecule has 1 fully saturated rings. The van der Waals surface area contributed by atoms with E-state index in [9.17, 15) is 14.0 Å². The Kier molecular flexibility index (Phi) is 5.12. The van der Waals surface area contributed by atoms with Gasteiger partial charge in [-0.25, -0.2) is 9.18 Å². The van der Waals surface area contributed by atoms with Gasteiger partial charge in [-0.3, -0.25) is 4.79 Å². The standard InChI is InChI=1S/C29H28FNO3/c1-18(2)28(22-10-8-19(3)9-11-22)17-29(28)24-15-23(30)12-13-25(24)31(27(29)33)16-20-6-5-7-21(14-20)26(32)34-4/h5-15,18H,16-17H2,1-4H3. The maximum Gasteiger partial charge on any atom is 0.337 e. The van der Waals surface area contributed by atoms with Crippen molar-refractivity contribution in [3.05, 3.63) is 100 Å². The first kappa shape index (κ1) is 22.3. The first-order valence-electron chi connectivity index (χ1n) is 11.6. The number of amides is 1. The van der Waals surface area contributed by atoms with Crippen molar-refractivity contribution in [2.45, 2.75) is 44.6 Å². The predicted molar refractivity (Wildman–Crippen MR) is 129 cm³/mol. The van der Waals surface area contributed by atoms with Crippen LogP contribution in [0.2, 0.25) is 0 Å². The lowest BCUT2D eigenvalue weighted by Crippen LogP contribution is -2.38. The fraction of sp³-hybridized carbons (Fsp3) is 0.310. The molecule has 4 nitrogen and oxygen atoms in total. The van der Waals surface area contributed by atoms with E-state index in [2.05, 4.69) is 38.1 Å². The molecule has 1 aliphatic heterocycles. The van der Waals surface area contributed by atoms with E-state index >= 15 is 0 Å². The number of fused-ring (bicyclic) bond motifs is 2. The Hall–Kier alpha value is -3.47. The van der Waals surface area contributed by atoms with Gasteiger partial charge in [0.15, 0.2) is 0 Å². The lowest BCUT2D eigenvalue weighted by atomic mass is 9.75. The zero-order valence-electron chi connectivity index (χ0n) is 19.9. The number of hydrogen-bond donors (Lipinski definition) is 0. The summed E-state index contributed by atoms with van der Waals surface area (Å²) in [6.45, 7) is 6.63. The lowest BCUT2D eigenvalue weighted by molar-refractivity contribution is -0.121. The molecular weight excluding hydrogens is 429 g/mol. The Morgan fingerprint density at radius 3 is 2.50 bits per heavy atom. The highest BCUT2D eigenvalue weighted by molar-refractivity contribution is 6.12. The molecule has 0 bridgehead atoms. The minimum atomic E-state index is -0.798. The van der Waals surface area contributed by atoms with Crippen molar-refractivity contribution in [3.63, 3.8) is 0 Å². The highest BCUT2D eigenvalue weighted by atomic mass is 19.1. The van der Waals surface area contributed by atoms with Crippen LogP contribution < -0.4 is 4.90 Å². The van der Waals surface area contributed by atoms with Gasteiger partial charge in [0.05, 0.1) is 24.6 Å². The molecule has 1 aliphatic carbocycles. The molecule has 0 radical (unpaired) electrons. The summed E-state index contributed by atoms with van der Waals surface area (Å²) in [7, 11) is 1.34. The minimum Gasteiger partial charge on any atom is -0.465 e. The number of nitrogens with zero attached hydrogens (tertiary/aromatic N) is 1. The highest BCUT2D eigenvalue weighted by Crippen LogP contribution is 2.73. The molecule has 1 saturated carbocycles. The summed E-state index contributed by atoms with van der Waals surface area (Å²) >= 11 is 0. The summed E-state index contributed by atoms with van der Waals surface area (Å²) in [5.74, 6) is -0.591. The second-order valence-electron chi connectivity index (χ2n) is 9.82. The normalized spacial score (nSPS) is 22.9. The fourth-order valence-corrected chi connectivity index (χ4v) is 6.00. The molecule has 174 valence electrons. The van der Waals surface area contributed by atoms with Gasteiger partial charge >= 0.3 is 5.97 Å². The van der Waals surface area contributed by atoms with Gasteiger partial charge < -0.3 is 9.64 Å². The number of methoxy groups -OCH3 is 1. The van der Waals surface area contributed by atoms with Gasteiger partial charge in [0.25, 0.3) is 0 Å². The predicted octanol–water partition coefficient (Wildman–Crippen LogP) is 5.70. The quantitative estimate of drug-likeness (QED) is 0.462. The third-order valence-corrected chi connectivity index (χ3v) is 7.74. The Morgan fingerprint density at radius 2 is 1.82 bits per heavy atom. The Morgan fingerprint density at radius 1 is 1.09 bits per heavy atom. The monoisotopic (exact) mass is 457 g/mol. The molecule has 1 spiro atoms. The first-order valence-corrected chi connectivity index (χ1v) is 11.6. The van der Waals surface area contributed by atoms with Gasteiger partial charge in [0, 0.05) is 11.1 Å². The van der Waals surface area contributed by atoms with E-state index in [1.165, 1.54) is 19.2 Å². The van der Waals surface area contributed by atoms with Crippen LogP contribution in [0.25, 0.3) is 0 Å². The van der Waals surface area contributed by atoms with Gasteiger partial charge in [-0.2, -0.15) is 0 Å². The van der Waals surface area contributed by atoms with E-state index in [-0.39, 0.29) is 17.6 Å². The molecule has 2 atom stereocenters. The largest absolute Gasteiger partial charge is 0.465 e. The van der Waals surface area contributed by atoms with Gasteiger partial charge in [-0.15, -0.1) is 0 Å². The molecule has 0 N–H and O–H groups in total. The number of aryl methyl sites for hydroxylation is 1. The maximum atomic E-state index is 14.5. The topological polar surface area (TPSA) is 46.6 Å². The zero-order chi connectivity index (χ0) is 24.3. The number of rotatable bonds is 5. The Bertz CT molecular complexity index is 1300. The van der Waals surface area contributed by atoms with Crippen LogP contribution in [0.3, 0.4) is 0 Å². The number of halogens is 1. The molecule has 5 rings (SSSR count). The van der Waals surface area contributed by atoms with Gasteiger partial charge in [-0.1, -0.05) is 55.8 Å². The van der Waals surface area contributed by atoms with Gasteiger partial charge in [-0.05, 0) is 66.3 Å². The van der Waals surface area contributed by atoms with E-state index in [1.54, 1.807) is 29.2 Å².